The molecule has 0 atom stereocenters. The Bertz CT molecular complexity index is 553. The van der Waals surface area contributed by atoms with Crippen molar-refractivity contribution in [2.24, 2.45) is 10.9 Å². The van der Waals surface area contributed by atoms with Gasteiger partial charge in [-0.25, -0.2) is 4.98 Å². The van der Waals surface area contributed by atoms with Gasteiger partial charge in [-0.3, -0.25) is 14.4 Å². The Morgan fingerprint density at radius 3 is 2.78 bits per heavy atom. The molecule has 7 nitrogen and oxygen atoms in total. The minimum absolute atomic E-state index is 0.0907. The number of hydrogen-bond donors (Lipinski definition) is 1. The van der Waals surface area contributed by atoms with E-state index in [0.29, 0.717) is 31.9 Å². The lowest BCUT2D eigenvalue weighted by atomic mass is 9.97. The van der Waals surface area contributed by atoms with E-state index < -0.39 is 6.55 Å². The molecule has 0 spiro atoms. The molecule has 23 heavy (non-hydrogen) atoms. The summed E-state index contributed by atoms with van der Waals surface area (Å²) in [5.41, 5.74) is 0. The van der Waals surface area contributed by atoms with E-state index in [1.54, 1.807) is 7.05 Å². The number of nitrogens with zero attached hydrogens (tertiary/aromatic N) is 4. The lowest BCUT2D eigenvalue weighted by Gasteiger charge is -2.33. The average Bonchev–Trinajstić information content (AvgIpc) is 3.04. The van der Waals surface area contributed by atoms with Crippen molar-refractivity contribution in [3.8, 4) is 0 Å². The number of carbonyl (C=O) groups is 1. The predicted molar refractivity (Wildman–Crippen MR) is 80.0 cm³/mol. The van der Waals surface area contributed by atoms with Gasteiger partial charge in [-0.2, -0.15) is 8.78 Å². The summed E-state index contributed by atoms with van der Waals surface area (Å²) in [6.07, 6.45) is 3.94. The molecule has 0 amide bonds. The van der Waals surface area contributed by atoms with Crippen LogP contribution < -0.4 is 5.32 Å². The highest BCUT2D eigenvalue weighted by molar-refractivity contribution is 5.80. The molecule has 1 fully saturated rings. The van der Waals surface area contributed by atoms with E-state index in [0.717, 1.165) is 4.57 Å². The van der Waals surface area contributed by atoms with Crippen molar-refractivity contribution in [2.75, 3.05) is 27.2 Å². The number of methoxy groups -OCH3 is 1. The van der Waals surface area contributed by atoms with Crippen molar-refractivity contribution < 1.29 is 18.3 Å². The van der Waals surface area contributed by atoms with Crippen LogP contribution in [-0.4, -0.2) is 53.6 Å². The number of piperidine rings is 1. The lowest BCUT2D eigenvalue weighted by molar-refractivity contribution is -0.146. The van der Waals surface area contributed by atoms with Crippen LogP contribution in [0.4, 0.5) is 8.78 Å². The van der Waals surface area contributed by atoms with E-state index in [2.05, 4.69) is 15.3 Å². The van der Waals surface area contributed by atoms with Crippen LogP contribution in [0.25, 0.3) is 0 Å². The summed E-state index contributed by atoms with van der Waals surface area (Å²) < 4.78 is 31.1. The van der Waals surface area contributed by atoms with Crippen molar-refractivity contribution in [1.29, 1.82) is 0 Å². The number of rotatable bonds is 4. The highest BCUT2D eigenvalue weighted by Gasteiger charge is 2.27. The second-order valence-corrected chi connectivity index (χ2v) is 5.21. The Balaban J connectivity index is 1.89. The summed E-state index contributed by atoms with van der Waals surface area (Å²) in [5, 5.41) is 3.04. The number of aliphatic imine (C=N–C) groups is 1. The molecule has 0 saturated carbocycles. The number of hydrogen-bond acceptors (Lipinski definition) is 4. The van der Waals surface area contributed by atoms with Gasteiger partial charge in [0, 0.05) is 32.5 Å². The fourth-order valence-electron chi connectivity index (χ4n) is 2.64. The molecule has 128 valence electrons. The minimum Gasteiger partial charge on any atom is -0.469 e. The Labute approximate surface area is 133 Å². The van der Waals surface area contributed by atoms with Gasteiger partial charge < -0.3 is 15.0 Å². The number of alkyl halides is 2. The summed E-state index contributed by atoms with van der Waals surface area (Å²) in [7, 11) is 3.02. The molecule has 0 radical (unpaired) electrons. The quantitative estimate of drug-likeness (QED) is 0.511. The number of guanidine groups is 1. The molecule has 1 N–H and O–H groups in total. The number of ether oxygens (including phenoxy) is 1. The average molecular weight is 329 g/mol. The maximum Gasteiger partial charge on any atom is 0.319 e. The maximum atomic E-state index is 12.8. The van der Waals surface area contributed by atoms with E-state index in [1.807, 2.05) is 4.90 Å². The Morgan fingerprint density at radius 1 is 1.52 bits per heavy atom. The lowest BCUT2D eigenvalue weighted by Crippen LogP contribution is -2.46. The zero-order chi connectivity index (χ0) is 16.8. The van der Waals surface area contributed by atoms with E-state index in [9.17, 15) is 13.6 Å². The van der Waals surface area contributed by atoms with Crippen molar-refractivity contribution >= 4 is 11.9 Å². The molecule has 0 unspecified atom stereocenters. The Morgan fingerprint density at radius 2 is 2.22 bits per heavy atom. The van der Waals surface area contributed by atoms with E-state index in [4.69, 9.17) is 4.74 Å². The highest BCUT2D eigenvalue weighted by atomic mass is 19.3. The van der Waals surface area contributed by atoms with Crippen molar-refractivity contribution in [3.05, 3.63) is 18.2 Å². The molecule has 0 aromatic carbocycles. The van der Waals surface area contributed by atoms with Gasteiger partial charge in [0.2, 0.25) is 0 Å². The third-order valence-electron chi connectivity index (χ3n) is 3.90. The topological polar surface area (TPSA) is 71.8 Å². The standard InChI is InChI=1S/C14H21F2N5O2/c1-17-14(19-9-11-18-5-8-21(11)13(15)16)20-6-3-10(4-7-20)12(22)23-2/h5,8,10,13H,3-4,6-7,9H2,1-2H3,(H,17,19). The summed E-state index contributed by atoms with van der Waals surface area (Å²) >= 11 is 0. The zero-order valence-electron chi connectivity index (χ0n) is 13.2. The van der Waals surface area contributed by atoms with Crippen molar-refractivity contribution in [3.63, 3.8) is 0 Å². The monoisotopic (exact) mass is 329 g/mol. The number of esters is 1. The van der Waals surface area contributed by atoms with Crippen LogP contribution in [0.3, 0.4) is 0 Å². The van der Waals surface area contributed by atoms with Gasteiger partial charge in [0.1, 0.15) is 5.82 Å². The third-order valence-corrected chi connectivity index (χ3v) is 3.90. The molecule has 2 heterocycles. The zero-order valence-corrected chi connectivity index (χ0v) is 13.2. The Kier molecular flexibility index (Phi) is 5.89. The van der Waals surface area contributed by atoms with E-state index in [1.165, 1.54) is 19.5 Å². The number of carbonyl (C=O) groups excluding carboxylic acids is 1. The summed E-state index contributed by atoms with van der Waals surface area (Å²) in [5.74, 6) is 0.571. The molecule has 2 rings (SSSR count). The molecule has 1 aromatic rings. The van der Waals surface area contributed by atoms with Gasteiger partial charge in [0.15, 0.2) is 5.96 Å². The highest BCUT2D eigenvalue weighted by Crippen LogP contribution is 2.18. The summed E-state index contributed by atoms with van der Waals surface area (Å²) in [6, 6.07) is 0. The predicted octanol–water partition coefficient (Wildman–Crippen LogP) is 1.24. The Hall–Kier alpha value is -2.19. The molecule has 1 aliphatic rings. The smallest absolute Gasteiger partial charge is 0.319 e. The van der Waals surface area contributed by atoms with Crippen LogP contribution in [0, 0.1) is 5.92 Å². The van der Waals surface area contributed by atoms with Crippen LogP contribution in [0.5, 0.6) is 0 Å². The first-order valence-electron chi connectivity index (χ1n) is 7.40. The molecular formula is C14H21F2N5O2. The molecule has 0 aliphatic carbocycles. The van der Waals surface area contributed by atoms with Gasteiger partial charge in [-0.15, -0.1) is 0 Å². The number of imidazole rings is 1. The number of halogens is 2. The molecule has 1 aliphatic heterocycles. The van der Waals surface area contributed by atoms with Gasteiger partial charge in [-0.05, 0) is 12.8 Å². The second kappa shape index (κ2) is 7.89. The normalized spacial score (nSPS) is 16.7. The van der Waals surface area contributed by atoms with Crippen LogP contribution in [0.15, 0.2) is 17.4 Å². The van der Waals surface area contributed by atoms with Crippen molar-refractivity contribution in [1.82, 2.24) is 19.8 Å². The maximum absolute atomic E-state index is 12.8. The number of nitrogens with one attached hydrogen (secondary N) is 1. The van der Waals surface area contributed by atoms with Gasteiger partial charge in [0.05, 0.1) is 19.6 Å². The summed E-state index contributed by atoms with van der Waals surface area (Å²) in [6.45, 7) is -1.15. The number of aromatic nitrogens is 2. The number of likely N-dealkylation sites (tertiary alicyclic amines) is 1. The van der Waals surface area contributed by atoms with Crippen molar-refractivity contribution in [2.45, 2.75) is 25.9 Å². The third kappa shape index (κ3) is 4.17. The van der Waals surface area contributed by atoms with Gasteiger partial charge in [-0.1, -0.05) is 0 Å². The molecule has 0 bridgehead atoms. The molecule has 9 heteroatoms. The first kappa shape index (κ1) is 17.2. The van der Waals surface area contributed by atoms with Crippen LogP contribution in [0.2, 0.25) is 0 Å². The first-order valence-corrected chi connectivity index (χ1v) is 7.40. The molecule has 1 aromatic heterocycles. The van der Waals surface area contributed by atoms with E-state index >= 15 is 0 Å². The molecule has 1 saturated heterocycles. The van der Waals surface area contributed by atoms with Crippen LogP contribution >= 0.6 is 0 Å². The second-order valence-electron chi connectivity index (χ2n) is 5.21. The fourth-order valence-corrected chi connectivity index (χ4v) is 2.64. The van der Waals surface area contributed by atoms with E-state index in [-0.39, 0.29) is 24.3 Å². The SMILES string of the molecule is CN=C(NCc1nccn1C(F)F)N1CCC(C(=O)OC)CC1. The van der Waals surface area contributed by atoms with Crippen LogP contribution in [0.1, 0.15) is 25.2 Å². The first-order chi connectivity index (χ1) is 11.1. The molecular weight excluding hydrogens is 308 g/mol. The largest absolute Gasteiger partial charge is 0.469 e. The van der Waals surface area contributed by atoms with Gasteiger partial charge >= 0.3 is 12.5 Å². The van der Waals surface area contributed by atoms with Gasteiger partial charge in [0.25, 0.3) is 0 Å². The summed E-state index contributed by atoms with van der Waals surface area (Å²) in [4.78, 5) is 21.6. The van der Waals surface area contributed by atoms with Crippen LogP contribution in [-0.2, 0) is 16.1 Å². The minimum atomic E-state index is -2.62. The fraction of sp³-hybridized carbons (Fsp3) is 0.643.